The molecule has 4 nitrogen and oxygen atoms in total. The Morgan fingerprint density at radius 2 is 1.71 bits per heavy atom. The van der Waals surface area contributed by atoms with Gasteiger partial charge in [-0.15, -0.1) is 0 Å². The molecule has 0 saturated heterocycles. The average molecular weight is 263 g/mol. The predicted octanol–water partition coefficient (Wildman–Crippen LogP) is 2.02. The Bertz CT molecular complexity index is 289. The van der Waals surface area contributed by atoms with E-state index in [2.05, 4.69) is 4.72 Å². The zero-order valence-electron chi connectivity index (χ0n) is 11.9. The normalized spacial score (nSPS) is 16.4. The highest BCUT2D eigenvalue weighted by Crippen LogP contribution is 2.22. The molecule has 1 unspecified atom stereocenters. The molecule has 0 bridgehead atoms. The maximum Gasteiger partial charge on any atom is 0.324 e. The van der Waals surface area contributed by atoms with Crippen LogP contribution in [0.3, 0.4) is 0 Å². The molecule has 0 rings (SSSR count). The molecule has 0 heterocycles. The molecule has 0 amide bonds. The highest BCUT2D eigenvalue weighted by molar-refractivity contribution is 7.84. The van der Waals surface area contributed by atoms with Crippen molar-refractivity contribution >= 4 is 17.0 Å². The number of carbonyl (C=O) groups excluding carboxylic acids is 1. The Kier molecular flexibility index (Phi) is 5.81. The quantitative estimate of drug-likeness (QED) is 0.789. The second kappa shape index (κ2) is 5.96. The van der Waals surface area contributed by atoms with Gasteiger partial charge >= 0.3 is 5.97 Å². The van der Waals surface area contributed by atoms with E-state index >= 15 is 0 Å². The highest BCUT2D eigenvalue weighted by atomic mass is 32.2. The van der Waals surface area contributed by atoms with E-state index in [0.717, 1.165) is 0 Å². The minimum atomic E-state index is -1.29. The molecule has 102 valence electrons. The van der Waals surface area contributed by atoms with Gasteiger partial charge in [-0.1, -0.05) is 20.8 Å². The number of hydrogen-bond donors (Lipinski definition) is 1. The summed E-state index contributed by atoms with van der Waals surface area (Å²) in [7, 11) is -1.29. The van der Waals surface area contributed by atoms with Crippen LogP contribution < -0.4 is 4.72 Å². The van der Waals surface area contributed by atoms with Crippen LogP contribution in [0.15, 0.2) is 0 Å². The molecule has 0 aromatic heterocycles. The Balaban J connectivity index is 4.86. The van der Waals surface area contributed by atoms with Crippen molar-refractivity contribution in [1.82, 2.24) is 4.72 Å². The molecular weight excluding hydrogens is 238 g/mol. The van der Waals surface area contributed by atoms with Gasteiger partial charge in [-0.25, -0.2) is 8.93 Å². The van der Waals surface area contributed by atoms with Crippen LogP contribution in [0.25, 0.3) is 0 Å². The van der Waals surface area contributed by atoms with E-state index in [0.29, 0.717) is 6.61 Å². The second-order valence-electron chi connectivity index (χ2n) is 6.05. The summed E-state index contributed by atoms with van der Waals surface area (Å²) < 4.78 is 19.5. The molecule has 17 heavy (non-hydrogen) atoms. The van der Waals surface area contributed by atoms with Crippen molar-refractivity contribution in [3.63, 3.8) is 0 Å². The first-order valence-corrected chi connectivity index (χ1v) is 6.99. The van der Waals surface area contributed by atoms with Crippen molar-refractivity contribution in [2.24, 2.45) is 5.41 Å². The van der Waals surface area contributed by atoms with E-state index in [1.54, 1.807) is 6.92 Å². The van der Waals surface area contributed by atoms with Crippen LogP contribution in [0.1, 0.15) is 48.5 Å². The summed E-state index contributed by atoms with van der Waals surface area (Å²) in [5, 5.41) is 0. The predicted molar refractivity (Wildman–Crippen MR) is 70.9 cm³/mol. The molecule has 0 aliphatic carbocycles. The van der Waals surface area contributed by atoms with Crippen LogP contribution in [0.2, 0.25) is 0 Å². The zero-order valence-corrected chi connectivity index (χ0v) is 12.7. The summed E-state index contributed by atoms with van der Waals surface area (Å²) in [5.74, 6) is -0.349. The Hall–Kier alpha value is -0.420. The summed E-state index contributed by atoms with van der Waals surface area (Å²) >= 11 is 0. The van der Waals surface area contributed by atoms with Crippen LogP contribution in [-0.4, -0.2) is 27.6 Å². The number of nitrogens with one attached hydrogen (secondary N) is 1. The third kappa shape index (κ3) is 5.64. The molecule has 0 aromatic carbocycles. The minimum absolute atomic E-state index is 0.329. The van der Waals surface area contributed by atoms with Gasteiger partial charge < -0.3 is 4.74 Å². The van der Waals surface area contributed by atoms with Crippen molar-refractivity contribution in [2.45, 2.75) is 59.3 Å². The number of ether oxygens (including phenoxy) is 1. The summed E-state index contributed by atoms with van der Waals surface area (Å²) in [5.41, 5.74) is -0.340. The fraction of sp³-hybridized carbons (Fsp3) is 0.917. The van der Waals surface area contributed by atoms with Gasteiger partial charge in [-0.3, -0.25) is 4.79 Å². The summed E-state index contributed by atoms with van der Waals surface area (Å²) in [4.78, 5) is 11.8. The van der Waals surface area contributed by atoms with Crippen molar-refractivity contribution in [2.75, 3.05) is 6.61 Å². The molecule has 0 spiro atoms. The molecule has 0 radical (unpaired) electrons. The van der Waals surface area contributed by atoms with E-state index in [-0.39, 0.29) is 11.4 Å². The fourth-order valence-corrected chi connectivity index (χ4v) is 2.11. The van der Waals surface area contributed by atoms with Crippen molar-refractivity contribution in [1.29, 1.82) is 0 Å². The van der Waals surface area contributed by atoms with Crippen molar-refractivity contribution < 1.29 is 13.7 Å². The van der Waals surface area contributed by atoms with Gasteiger partial charge in [0.25, 0.3) is 0 Å². The van der Waals surface area contributed by atoms with Gasteiger partial charge in [0.2, 0.25) is 0 Å². The molecule has 2 atom stereocenters. The average Bonchev–Trinajstić information content (AvgIpc) is 2.10. The third-order valence-electron chi connectivity index (χ3n) is 2.17. The summed E-state index contributed by atoms with van der Waals surface area (Å²) in [6, 6.07) is -0.567. The van der Waals surface area contributed by atoms with E-state index in [4.69, 9.17) is 4.74 Å². The lowest BCUT2D eigenvalue weighted by Gasteiger charge is -2.31. The van der Waals surface area contributed by atoms with Crippen LogP contribution in [0.5, 0.6) is 0 Å². The van der Waals surface area contributed by atoms with E-state index in [9.17, 15) is 9.00 Å². The van der Waals surface area contributed by atoms with Crippen molar-refractivity contribution in [3.8, 4) is 0 Å². The van der Waals surface area contributed by atoms with Crippen molar-refractivity contribution in [3.05, 3.63) is 0 Å². The number of esters is 1. The zero-order chi connectivity index (χ0) is 13.9. The topological polar surface area (TPSA) is 55.4 Å². The van der Waals surface area contributed by atoms with Crippen LogP contribution >= 0.6 is 0 Å². The van der Waals surface area contributed by atoms with Gasteiger partial charge in [-0.05, 0) is 33.1 Å². The maximum atomic E-state index is 12.0. The molecule has 0 fully saturated rings. The largest absolute Gasteiger partial charge is 0.465 e. The summed E-state index contributed by atoms with van der Waals surface area (Å²) in [6.45, 7) is 13.4. The smallest absolute Gasteiger partial charge is 0.324 e. The minimum Gasteiger partial charge on any atom is -0.465 e. The third-order valence-corrected chi connectivity index (χ3v) is 3.73. The molecule has 0 aliphatic rings. The van der Waals surface area contributed by atoms with Gasteiger partial charge in [0.05, 0.1) is 22.3 Å². The molecular formula is C12H25NO3S. The van der Waals surface area contributed by atoms with Crippen LogP contribution in [0.4, 0.5) is 0 Å². The van der Waals surface area contributed by atoms with Gasteiger partial charge in [0.15, 0.2) is 0 Å². The second-order valence-corrected chi connectivity index (χ2v) is 8.05. The Morgan fingerprint density at radius 1 is 1.24 bits per heavy atom. The summed E-state index contributed by atoms with van der Waals surface area (Å²) in [6.07, 6.45) is 0. The first kappa shape index (κ1) is 16.6. The SMILES string of the molecule is CCOC(=O)[C@H](NS(=O)C(C)(C)C)C(C)(C)C. The Labute approximate surface area is 107 Å². The monoisotopic (exact) mass is 263 g/mol. The van der Waals surface area contributed by atoms with Crippen LogP contribution in [-0.2, 0) is 20.5 Å². The standard InChI is InChI=1S/C12H25NO3S/c1-8-16-10(14)9(11(2,3)4)13-17(15)12(5,6)7/h9,13H,8H2,1-7H3/t9-,17?/m0/s1. The lowest BCUT2D eigenvalue weighted by atomic mass is 9.87. The lowest BCUT2D eigenvalue weighted by molar-refractivity contribution is -0.147. The molecule has 0 aliphatic heterocycles. The number of rotatable bonds is 4. The van der Waals surface area contributed by atoms with Gasteiger partial charge in [-0.2, -0.15) is 0 Å². The molecule has 0 aromatic rings. The number of carbonyl (C=O) groups is 1. The lowest BCUT2D eigenvalue weighted by Crippen LogP contribution is -2.51. The number of hydrogen-bond acceptors (Lipinski definition) is 3. The van der Waals surface area contributed by atoms with E-state index < -0.39 is 21.8 Å². The maximum absolute atomic E-state index is 12.0. The molecule has 0 saturated carbocycles. The van der Waals surface area contributed by atoms with Crippen LogP contribution in [0, 0.1) is 5.41 Å². The first-order chi connectivity index (χ1) is 7.50. The first-order valence-electron chi connectivity index (χ1n) is 5.84. The highest BCUT2D eigenvalue weighted by Gasteiger charge is 2.36. The fourth-order valence-electron chi connectivity index (χ4n) is 1.09. The van der Waals surface area contributed by atoms with E-state index in [1.165, 1.54) is 0 Å². The van der Waals surface area contributed by atoms with Gasteiger partial charge in [0, 0.05) is 0 Å². The Morgan fingerprint density at radius 3 is 2.00 bits per heavy atom. The molecule has 5 heteroatoms. The van der Waals surface area contributed by atoms with Gasteiger partial charge in [0.1, 0.15) is 6.04 Å². The molecule has 1 N–H and O–H groups in total. The van der Waals surface area contributed by atoms with E-state index in [1.807, 2.05) is 41.5 Å².